The molecule has 0 bridgehead atoms. The molecule has 118 valence electrons. The molecule has 0 aromatic carbocycles. The highest BCUT2D eigenvalue weighted by Crippen LogP contribution is 2.33. The maximum atomic E-state index is 12.8. The molecule has 0 spiro atoms. The van der Waals surface area contributed by atoms with Gasteiger partial charge in [0, 0.05) is 12.1 Å². The first-order valence-corrected chi connectivity index (χ1v) is 8.07. The normalized spacial score (nSPS) is 23.8. The Kier molecular flexibility index (Phi) is 5.09. The fraction of sp³-hybridized carbons (Fsp3) is 0.706. The molecule has 0 saturated carbocycles. The van der Waals surface area contributed by atoms with Crippen molar-refractivity contribution >= 4 is 5.91 Å². The summed E-state index contributed by atoms with van der Waals surface area (Å²) in [5.74, 6) is 1.97. The van der Waals surface area contributed by atoms with Crippen LogP contribution in [-0.2, 0) is 4.79 Å². The van der Waals surface area contributed by atoms with E-state index in [1.165, 1.54) is 0 Å². The molecule has 0 aliphatic carbocycles. The number of nitrogens with one attached hydrogen (secondary N) is 2. The molecule has 21 heavy (non-hydrogen) atoms. The first-order chi connectivity index (χ1) is 9.98. The summed E-state index contributed by atoms with van der Waals surface area (Å²) in [6.07, 6.45) is 4.04. The van der Waals surface area contributed by atoms with Gasteiger partial charge in [0.1, 0.15) is 11.5 Å². The summed E-state index contributed by atoms with van der Waals surface area (Å²) in [5, 5.41) is 6.60. The molecule has 2 rings (SSSR count). The lowest BCUT2D eigenvalue weighted by Crippen LogP contribution is -2.50. The van der Waals surface area contributed by atoms with Crippen molar-refractivity contribution in [1.29, 1.82) is 0 Å². The number of amides is 1. The highest BCUT2D eigenvalue weighted by Gasteiger charge is 2.39. The van der Waals surface area contributed by atoms with Crippen molar-refractivity contribution in [2.75, 3.05) is 13.1 Å². The Morgan fingerprint density at radius 2 is 2.29 bits per heavy atom. The van der Waals surface area contributed by atoms with Crippen LogP contribution in [0.25, 0.3) is 0 Å². The van der Waals surface area contributed by atoms with Crippen molar-refractivity contribution in [1.82, 2.24) is 10.6 Å². The number of hydrogen-bond acceptors (Lipinski definition) is 3. The van der Waals surface area contributed by atoms with Crippen LogP contribution in [0, 0.1) is 19.3 Å². The third kappa shape index (κ3) is 3.49. The lowest BCUT2D eigenvalue weighted by molar-refractivity contribution is -0.133. The number of aryl methyl sites for hydroxylation is 2. The van der Waals surface area contributed by atoms with E-state index in [1.807, 2.05) is 26.8 Å². The highest BCUT2D eigenvalue weighted by molar-refractivity contribution is 5.83. The zero-order valence-electron chi connectivity index (χ0n) is 13.7. The molecule has 1 aromatic rings. The Balaban J connectivity index is 2.09. The highest BCUT2D eigenvalue weighted by atomic mass is 16.3. The molecule has 1 aromatic heterocycles. The minimum Gasteiger partial charge on any atom is -0.466 e. The van der Waals surface area contributed by atoms with E-state index in [0.717, 1.165) is 55.9 Å². The summed E-state index contributed by atoms with van der Waals surface area (Å²) < 4.78 is 5.57. The van der Waals surface area contributed by atoms with Gasteiger partial charge in [-0.15, -0.1) is 0 Å². The molecule has 2 unspecified atom stereocenters. The van der Waals surface area contributed by atoms with Gasteiger partial charge < -0.3 is 15.1 Å². The SMILES string of the molecule is CCCC1(C(=O)NC(C)c2cc(C)oc2C)CCCNC1. The summed E-state index contributed by atoms with van der Waals surface area (Å²) in [7, 11) is 0. The number of carbonyl (C=O) groups excluding carboxylic acids is 1. The van der Waals surface area contributed by atoms with Crippen LogP contribution in [0.2, 0.25) is 0 Å². The second kappa shape index (κ2) is 6.65. The summed E-state index contributed by atoms with van der Waals surface area (Å²) in [5.41, 5.74) is 0.838. The molecule has 4 heteroatoms. The van der Waals surface area contributed by atoms with Crippen LogP contribution < -0.4 is 10.6 Å². The molecule has 2 atom stereocenters. The quantitative estimate of drug-likeness (QED) is 0.876. The van der Waals surface area contributed by atoms with Gasteiger partial charge in [0.05, 0.1) is 11.5 Å². The lowest BCUT2D eigenvalue weighted by atomic mass is 9.76. The van der Waals surface area contributed by atoms with E-state index < -0.39 is 0 Å². The van der Waals surface area contributed by atoms with E-state index in [9.17, 15) is 4.79 Å². The van der Waals surface area contributed by atoms with E-state index in [-0.39, 0.29) is 17.4 Å². The second-order valence-corrected chi connectivity index (χ2v) is 6.37. The molecule has 4 nitrogen and oxygen atoms in total. The van der Waals surface area contributed by atoms with Crippen LogP contribution in [0.3, 0.4) is 0 Å². The van der Waals surface area contributed by atoms with Crippen molar-refractivity contribution in [3.63, 3.8) is 0 Å². The zero-order valence-corrected chi connectivity index (χ0v) is 13.7. The third-order valence-electron chi connectivity index (χ3n) is 4.58. The number of furan rings is 1. The van der Waals surface area contributed by atoms with Crippen LogP contribution in [0.4, 0.5) is 0 Å². The minimum absolute atomic E-state index is 0.00870. The predicted octanol–water partition coefficient (Wildman–Crippen LogP) is 3.24. The fourth-order valence-corrected chi connectivity index (χ4v) is 3.47. The van der Waals surface area contributed by atoms with Crippen molar-refractivity contribution < 1.29 is 9.21 Å². The van der Waals surface area contributed by atoms with Gasteiger partial charge in [-0.25, -0.2) is 0 Å². The van der Waals surface area contributed by atoms with Gasteiger partial charge in [-0.2, -0.15) is 0 Å². The van der Waals surface area contributed by atoms with Gasteiger partial charge in [0.2, 0.25) is 5.91 Å². The molecule has 1 saturated heterocycles. The molecule has 2 heterocycles. The summed E-state index contributed by atoms with van der Waals surface area (Å²) in [4.78, 5) is 12.8. The first kappa shape index (κ1) is 16.1. The average molecular weight is 292 g/mol. The Bertz CT molecular complexity index is 481. The van der Waals surface area contributed by atoms with Crippen molar-refractivity contribution in [3.8, 4) is 0 Å². The molecule has 2 N–H and O–H groups in total. The zero-order chi connectivity index (χ0) is 15.5. The fourth-order valence-electron chi connectivity index (χ4n) is 3.47. The number of carbonyl (C=O) groups is 1. The van der Waals surface area contributed by atoms with E-state index in [4.69, 9.17) is 4.42 Å². The minimum atomic E-state index is -0.242. The Hall–Kier alpha value is -1.29. The van der Waals surface area contributed by atoms with Crippen LogP contribution in [-0.4, -0.2) is 19.0 Å². The molecule has 1 fully saturated rings. The van der Waals surface area contributed by atoms with Gasteiger partial charge in [0.15, 0.2) is 0 Å². The number of hydrogen-bond donors (Lipinski definition) is 2. The van der Waals surface area contributed by atoms with Crippen LogP contribution in [0.5, 0.6) is 0 Å². The van der Waals surface area contributed by atoms with Gasteiger partial charge >= 0.3 is 0 Å². The Morgan fingerprint density at radius 3 is 2.81 bits per heavy atom. The Labute approximate surface area is 127 Å². The second-order valence-electron chi connectivity index (χ2n) is 6.37. The van der Waals surface area contributed by atoms with Gasteiger partial charge in [-0.3, -0.25) is 4.79 Å². The molecule has 0 radical (unpaired) electrons. The monoisotopic (exact) mass is 292 g/mol. The molecule has 1 aliphatic heterocycles. The topological polar surface area (TPSA) is 54.3 Å². The standard InChI is InChI=1S/C17H28N2O2/c1-5-7-17(8-6-9-18-11-17)16(20)19-13(3)15-10-12(2)21-14(15)4/h10,13,18H,5-9,11H2,1-4H3,(H,19,20). The maximum absolute atomic E-state index is 12.8. The van der Waals surface area contributed by atoms with Gasteiger partial charge in [0.25, 0.3) is 0 Å². The third-order valence-corrected chi connectivity index (χ3v) is 4.58. The number of rotatable bonds is 5. The van der Waals surface area contributed by atoms with E-state index in [2.05, 4.69) is 17.6 Å². The van der Waals surface area contributed by atoms with Crippen LogP contribution >= 0.6 is 0 Å². The molecular formula is C17H28N2O2. The van der Waals surface area contributed by atoms with Gasteiger partial charge in [-0.1, -0.05) is 13.3 Å². The largest absolute Gasteiger partial charge is 0.466 e. The van der Waals surface area contributed by atoms with Crippen molar-refractivity contribution in [2.24, 2.45) is 5.41 Å². The summed E-state index contributed by atoms with van der Waals surface area (Å²) >= 11 is 0. The Morgan fingerprint density at radius 1 is 1.52 bits per heavy atom. The number of piperidine rings is 1. The van der Waals surface area contributed by atoms with Crippen LogP contribution in [0.15, 0.2) is 10.5 Å². The van der Waals surface area contributed by atoms with Crippen molar-refractivity contribution in [3.05, 3.63) is 23.2 Å². The van der Waals surface area contributed by atoms with E-state index in [1.54, 1.807) is 0 Å². The predicted molar refractivity (Wildman–Crippen MR) is 84.2 cm³/mol. The molecule has 1 aliphatic rings. The smallest absolute Gasteiger partial charge is 0.227 e. The molecule has 1 amide bonds. The lowest BCUT2D eigenvalue weighted by Gasteiger charge is -2.37. The van der Waals surface area contributed by atoms with Crippen molar-refractivity contribution in [2.45, 2.75) is 59.4 Å². The van der Waals surface area contributed by atoms with E-state index >= 15 is 0 Å². The van der Waals surface area contributed by atoms with E-state index in [0.29, 0.717) is 0 Å². The first-order valence-electron chi connectivity index (χ1n) is 8.07. The average Bonchev–Trinajstić information content (AvgIpc) is 2.79. The van der Waals surface area contributed by atoms with Crippen LogP contribution in [0.1, 0.15) is 62.7 Å². The summed E-state index contributed by atoms with van der Waals surface area (Å²) in [6.45, 7) is 9.89. The van der Waals surface area contributed by atoms with Gasteiger partial charge in [-0.05, 0) is 52.6 Å². The maximum Gasteiger partial charge on any atom is 0.227 e. The molecular weight excluding hydrogens is 264 g/mol. The summed E-state index contributed by atoms with van der Waals surface area (Å²) in [6, 6.07) is 2.01.